The van der Waals surface area contributed by atoms with Crippen LogP contribution in [0.2, 0.25) is 0 Å². The number of rotatable bonds is 5. The number of carbonyl (C=O) groups excluding carboxylic acids is 1. The van der Waals surface area contributed by atoms with Gasteiger partial charge in [0, 0.05) is 5.57 Å². The highest BCUT2D eigenvalue weighted by atomic mass is 16.6. The summed E-state index contributed by atoms with van der Waals surface area (Å²) in [6.45, 7) is 10.4. The van der Waals surface area contributed by atoms with E-state index >= 15 is 0 Å². The van der Waals surface area contributed by atoms with Gasteiger partial charge in [-0.25, -0.2) is 4.79 Å². The molecule has 1 unspecified atom stereocenters. The van der Waals surface area contributed by atoms with Crippen LogP contribution in [0.3, 0.4) is 0 Å². The molecule has 0 radical (unpaired) electrons. The van der Waals surface area contributed by atoms with Gasteiger partial charge in [-0.05, 0) is 33.7 Å². The number of esters is 1. The summed E-state index contributed by atoms with van der Waals surface area (Å²) in [7, 11) is 0. The van der Waals surface area contributed by atoms with Gasteiger partial charge in [0.2, 0.25) is 0 Å². The number of ether oxygens (including phenoxy) is 1. The summed E-state index contributed by atoms with van der Waals surface area (Å²) in [5, 5.41) is 3.03. The zero-order valence-electron chi connectivity index (χ0n) is 9.81. The van der Waals surface area contributed by atoms with Crippen molar-refractivity contribution in [2.75, 3.05) is 6.54 Å². The number of allylic oxidation sites excluding steroid dienone is 1. The van der Waals surface area contributed by atoms with E-state index in [4.69, 9.17) is 4.74 Å². The second-order valence-corrected chi connectivity index (χ2v) is 3.44. The monoisotopic (exact) mass is 199 g/mol. The van der Waals surface area contributed by atoms with E-state index in [0.29, 0.717) is 0 Å². The molecule has 3 heteroatoms. The summed E-state index contributed by atoms with van der Waals surface area (Å²) >= 11 is 0. The second-order valence-electron chi connectivity index (χ2n) is 3.44. The molecule has 0 rings (SSSR count). The van der Waals surface area contributed by atoms with Crippen molar-refractivity contribution in [3.05, 3.63) is 11.1 Å². The van der Waals surface area contributed by atoms with Crippen molar-refractivity contribution >= 4 is 5.97 Å². The third-order valence-electron chi connectivity index (χ3n) is 1.98. The van der Waals surface area contributed by atoms with E-state index in [9.17, 15) is 4.79 Å². The first-order chi connectivity index (χ1) is 6.52. The van der Waals surface area contributed by atoms with Crippen molar-refractivity contribution in [2.45, 2.75) is 47.3 Å². The summed E-state index contributed by atoms with van der Waals surface area (Å²) in [4.78, 5) is 11.6. The van der Waals surface area contributed by atoms with Gasteiger partial charge in [-0.15, -0.1) is 0 Å². The molecule has 14 heavy (non-hydrogen) atoms. The van der Waals surface area contributed by atoms with Crippen LogP contribution in [0.15, 0.2) is 11.1 Å². The molecule has 0 aliphatic heterocycles. The van der Waals surface area contributed by atoms with Crippen molar-refractivity contribution in [1.82, 2.24) is 5.32 Å². The molecule has 0 aliphatic carbocycles. The molecule has 0 aliphatic rings. The minimum Gasteiger partial charge on any atom is -0.444 e. The lowest BCUT2D eigenvalue weighted by atomic mass is 10.1. The van der Waals surface area contributed by atoms with Crippen LogP contribution in [0.1, 0.15) is 41.0 Å². The number of carbonyl (C=O) groups is 1. The van der Waals surface area contributed by atoms with Gasteiger partial charge in [0.05, 0.1) is 0 Å². The quantitative estimate of drug-likeness (QED) is 0.419. The van der Waals surface area contributed by atoms with Gasteiger partial charge in [-0.2, -0.15) is 0 Å². The zero-order valence-corrected chi connectivity index (χ0v) is 9.81. The smallest absolute Gasteiger partial charge is 0.335 e. The maximum Gasteiger partial charge on any atom is 0.335 e. The van der Waals surface area contributed by atoms with E-state index in [1.165, 1.54) is 0 Å². The predicted molar refractivity (Wildman–Crippen MR) is 57.9 cm³/mol. The first-order valence-electron chi connectivity index (χ1n) is 5.13. The largest absolute Gasteiger partial charge is 0.444 e. The Balaban J connectivity index is 4.26. The normalized spacial score (nSPS) is 12.1. The summed E-state index contributed by atoms with van der Waals surface area (Å²) in [5.74, 6) is -0.207. The minimum absolute atomic E-state index is 0.207. The van der Waals surface area contributed by atoms with Crippen molar-refractivity contribution in [3.8, 4) is 0 Å². The molecule has 1 atom stereocenters. The molecule has 0 bridgehead atoms. The van der Waals surface area contributed by atoms with E-state index in [0.717, 1.165) is 24.1 Å². The van der Waals surface area contributed by atoms with Crippen LogP contribution < -0.4 is 5.32 Å². The molecule has 0 saturated carbocycles. The summed E-state index contributed by atoms with van der Waals surface area (Å²) < 4.78 is 5.20. The van der Waals surface area contributed by atoms with Crippen LogP contribution in [-0.4, -0.2) is 18.7 Å². The van der Waals surface area contributed by atoms with Crippen LogP contribution in [-0.2, 0) is 9.53 Å². The van der Waals surface area contributed by atoms with Gasteiger partial charge in [-0.3, -0.25) is 5.32 Å². The molecule has 0 aromatic heterocycles. The average Bonchev–Trinajstić information content (AvgIpc) is 2.04. The van der Waals surface area contributed by atoms with E-state index < -0.39 is 0 Å². The SMILES string of the molecule is CCNC(C)OC(=O)C(CC)=C(C)C. The van der Waals surface area contributed by atoms with Gasteiger partial charge in [0.15, 0.2) is 6.23 Å². The zero-order chi connectivity index (χ0) is 11.1. The molecular weight excluding hydrogens is 178 g/mol. The highest BCUT2D eigenvalue weighted by Gasteiger charge is 2.13. The Kier molecular flexibility index (Phi) is 6.21. The number of nitrogens with one attached hydrogen (secondary N) is 1. The fourth-order valence-electron chi connectivity index (χ4n) is 1.26. The van der Waals surface area contributed by atoms with Crippen LogP contribution in [0.4, 0.5) is 0 Å². The first kappa shape index (κ1) is 13.2. The van der Waals surface area contributed by atoms with Crippen molar-refractivity contribution in [2.24, 2.45) is 0 Å². The lowest BCUT2D eigenvalue weighted by molar-refractivity contribution is -0.145. The second kappa shape index (κ2) is 6.60. The van der Waals surface area contributed by atoms with Gasteiger partial charge in [0.25, 0.3) is 0 Å². The van der Waals surface area contributed by atoms with Gasteiger partial charge < -0.3 is 4.74 Å². The number of hydrogen-bond acceptors (Lipinski definition) is 3. The molecule has 0 saturated heterocycles. The molecule has 82 valence electrons. The third-order valence-corrected chi connectivity index (χ3v) is 1.98. The van der Waals surface area contributed by atoms with E-state index in [1.54, 1.807) is 0 Å². The lowest BCUT2D eigenvalue weighted by Crippen LogP contribution is -2.31. The highest BCUT2D eigenvalue weighted by molar-refractivity contribution is 5.89. The Labute approximate surface area is 86.5 Å². The standard InChI is InChI=1S/C11H21NO2/c1-6-10(8(3)4)11(13)14-9(5)12-7-2/h9,12H,6-7H2,1-5H3. The third kappa shape index (κ3) is 4.42. The van der Waals surface area contributed by atoms with Gasteiger partial charge in [-0.1, -0.05) is 19.4 Å². The Hall–Kier alpha value is -0.830. The predicted octanol–water partition coefficient (Wildman–Crippen LogP) is 2.23. The van der Waals surface area contributed by atoms with Crippen molar-refractivity contribution in [1.29, 1.82) is 0 Å². The van der Waals surface area contributed by atoms with E-state index in [1.807, 2.05) is 34.6 Å². The molecule has 0 aromatic rings. The van der Waals surface area contributed by atoms with E-state index in [-0.39, 0.29) is 12.2 Å². The molecule has 0 amide bonds. The fraction of sp³-hybridized carbons (Fsp3) is 0.727. The number of hydrogen-bond donors (Lipinski definition) is 1. The van der Waals surface area contributed by atoms with Crippen LogP contribution >= 0.6 is 0 Å². The highest BCUT2D eigenvalue weighted by Crippen LogP contribution is 2.10. The Bertz CT molecular complexity index is 217. The van der Waals surface area contributed by atoms with Gasteiger partial charge >= 0.3 is 5.97 Å². The van der Waals surface area contributed by atoms with Crippen molar-refractivity contribution < 1.29 is 9.53 Å². The Morgan fingerprint density at radius 2 is 1.93 bits per heavy atom. The molecule has 0 aromatic carbocycles. The van der Waals surface area contributed by atoms with Crippen LogP contribution in [0.5, 0.6) is 0 Å². The molecule has 0 heterocycles. The van der Waals surface area contributed by atoms with Crippen LogP contribution in [0, 0.1) is 0 Å². The minimum atomic E-state index is -0.214. The summed E-state index contributed by atoms with van der Waals surface area (Å²) in [6.07, 6.45) is 0.508. The maximum absolute atomic E-state index is 11.6. The van der Waals surface area contributed by atoms with Crippen LogP contribution in [0.25, 0.3) is 0 Å². The lowest BCUT2D eigenvalue weighted by Gasteiger charge is -2.15. The van der Waals surface area contributed by atoms with Crippen molar-refractivity contribution in [3.63, 3.8) is 0 Å². The summed E-state index contributed by atoms with van der Waals surface area (Å²) in [5.41, 5.74) is 1.80. The Morgan fingerprint density at radius 3 is 2.29 bits per heavy atom. The topological polar surface area (TPSA) is 38.3 Å². The molecule has 0 spiro atoms. The van der Waals surface area contributed by atoms with E-state index in [2.05, 4.69) is 5.32 Å². The average molecular weight is 199 g/mol. The first-order valence-corrected chi connectivity index (χ1v) is 5.13. The van der Waals surface area contributed by atoms with Gasteiger partial charge in [0.1, 0.15) is 0 Å². The maximum atomic E-state index is 11.6. The molecule has 3 nitrogen and oxygen atoms in total. The molecule has 0 fully saturated rings. The Morgan fingerprint density at radius 1 is 1.36 bits per heavy atom. The molecular formula is C11H21NO2. The molecule has 1 N–H and O–H groups in total. The fourth-order valence-corrected chi connectivity index (χ4v) is 1.26. The summed E-state index contributed by atoms with van der Waals surface area (Å²) in [6, 6.07) is 0.